The van der Waals surface area contributed by atoms with Crippen molar-refractivity contribution in [3.8, 4) is 0 Å². The molecular weight excluding hydrogens is 238 g/mol. The summed E-state index contributed by atoms with van der Waals surface area (Å²) in [6, 6.07) is 0. The fraction of sp³-hybridized carbons (Fsp3) is 0.933. The van der Waals surface area contributed by atoms with Gasteiger partial charge in [0, 0.05) is 18.5 Å². The molecule has 0 radical (unpaired) electrons. The minimum Gasteiger partial charge on any atom is -0.409 e. The van der Waals surface area contributed by atoms with Gasteiger partial charge in [-0.25, -0.2) is 0 Å². The summed E-state index contributed by atoms with van der Waals surface area (Å²) >= 11 is 0. The number of amidine groups is 1. The molecule has 4 saturated carbocycles. The molecule has 0 amide bonds. The highest BCUT2D eigenvalue weighted by atomic mass is 16.4. The van der Waals surface area contributed by atoms with Crippen molar-refractivity contribution in [3.05, 3.63) is 0 Å². The third-order valence-corrected chi connectivity index (χ3v) is 5.64. The lowest BCUT2D eigenvalue weighted by Crippen LogP contribution is -2.64. The quantitative estimate of drug-likeness (QED) is 0.316. The largest absolute Gasteiger partial charge is 0.409 e. The van der Waals surface area contributed by atoms with Crippen molar-refractivity contribution < 1.29 is 5.21 Å². The molecule has 4 aliphatic rings. The molecule has 4 aliphatic carbocycles. The van der Waals surface area contributed by atoms with Crippen LogP contribution in [0.1, 0.15) is 58.8 Å². The predicted octanol–water partition coefficient (Wildman–Crippen LogP) is 2.46. The molecule has 108 valence electrons. The number of nitrogens with zero attached hydrogens (tertiary/aromatic N) is 1. The van der Waals surface area contributed by atoms with Crippen molar-refractivity contribution >= 4 is 5.84 Å². The molecule has 0 spiro atoms. The Morgan fingerprint density at radius 1 is 1.21 bits per heavy atom. The van der Waals surface area contributed by atoms with Crippen molar-refractivity contribution in [2.24, 2.45) is 27.6 Å². The molecule has 0 aliphatic heterocycles. The molecular formula is C15H27N3O. The van der Waals surface area contributed by atoms with Crippen LogP contribution in [0.5, 0.6) is 0 Å². The van der Waals surface area contributed by atoms with Gasteiger partial charge in [-0.15, -0.1) is 0 Å². The maximum absolute atomic E-state index is 8.61. The van der Waals surface area contributed by atoms with Crippen LogP contribution in [0.2, 0.25) is 0 Å². The SMILES string of the molecule is CC12CC3CC(C)(C1)CC(NCCC(N)=NO)(C3)C2. The van der Waals surface area contributed by atoms with E-state index in [1.165, 1.54) is 38.5 Å². The number of rotatable bonds is 4. The maximum Gasteiger partial charge on any atom is 0.140 e. The summed E-state index contributed by atoms with van der Waals surface area (Å²) in [4.78, 5) is 0. The van der Waals surface area contributed by atoms with Crippen LogP contribution in [-0.4, -0.2) is 23.1 Å². The minimum atomic E-state index is 0.318. The monoisotopic (exact) mass is 265 g/mol. The van der Waals surface area contributed by atoms with Gasteiger partial charge in [0.25, 0.3) is 0 Å². The van der Waals surface area contributed by atoms with Gasteiger partial charge < -0.3 is 16.3 Å². The summed E-state index contributed by atoms with van der Waals surface area (Å²) in [6.45, 7) is 5.79. The second kappa shape index (κ2) is 4.11. The van der Waals surface area contributed by atoms with Gasteiger partial charge in [0.15, 0.2) is 0 Å². The van der Waals surface area contributed by atoms with Gasteiger partial charge in [-0.1, -0.05) is 19.0 Å². The molecule has 4 nitrogen and oxygen atoms in total. The summed E-state index contributed by atoms with van der Waals surface area (Å²) in [5.74, 6) is 1.23. The van der Waals surface area contributed by atoms with Gasteiger partial charge in [-0.2, -0.15) is 0 Å². The van der Waals surface area contributed by atoms with Gasteiger partial charge in [-0.3, -0.25) is 0 Å². The van der Waals surface area contributed by atoms with E-state index in [0.717, 1.165) is 12.5 Å². The number of nitrogens with two attached hydrogens (primary N) is 1. The van der Waals surface area contributed by atoms with Crippen LogP contribution in [-0.2, 0) is 0 Å². The average Bonchev–Trinajstić information content (AvgIpc) is 2.23. The van der Waals surface area contributed by atoms with E-state index in [-0.39, 0.29) is 0 Å². The first-order valence-electron chi connectivity index (χ1n) is 7.58. The Morgan fingerprint density at radius 2 is 1.84 bits per heavy atom. The van der Waals surface area contributed by atoms with Gasteiger partial charge in [-0.05, 0) is 55.3 Å². The second-order valence-electron chi connectivity index (χ2n) is 8.18. The maximum atomic E-state index is 8.61. The first-order valence-corrected chi connectivity index (χ1v) is 7.58. The molecule has 0 heterocycles. The lowest BCUT2D eigenvalue weighted by molar-refractivity contribution is -0.117. The van der Waals surface area contributed by atoms with E-state index in [0.29, 0.717) is 28.6 Å². The normalized spacial score (nSPS) is 48.7. The highest BCUT2D eigenvalue weighted by Gasteiger charge is 2.59. The highest BCUT2D eigenvalue weighted by Crippen LogP contribution is 2.66. The Bertz CT molecular complexity index is 388. The first-order chi connectivity index (χ1) is 8.86. The van der Waals surface area contributed by atoms with Crippen LogP contribution < -0.4 is 11.1 Å². The Balaban J connectivity index is 1.70. The summed E-state index contributed by atoms with van der Waals surface area (Å²) in [7, 11) is 0. The molecule has 4 N–H and O–H groups in total. The van der Waals surface area contributed by atoms with Crippen molar-refractivity contribution in [1.29, 1.82) is 0 Å². The first kappa shape index (κ1) is 13.2. The Labute approximate surface area is 115 Å². The average molecular weight is 265 g/mol. The van der Waals surface area contributed by atoms with Gasteiger partial charge in [0.05, 0.1) is 0 Å². The summed E-state index contributed by atoms with van der Waals surface area (Å²) < 4.78 is 0. The molecule has 4 bridgehead atoms. The molecule has 0 aromatic rings. The van der Waals surface area contributed by atoms with Crippen LogP contribution in [0, 0.1) is 16.7 Å². The van der Waals surface area contributed by atoms with Crippen LogP contribution >= 0.6 is 0 Å². The number of hydrogen-bond acceptors (Lipinski definition) is 3. The van der Waals surface area contributed by atoms with Crippen LogP contribution in [0.25, 0.3) is 0 Å². The van der Waals surface area contributed by atoms with E-state index in [2.05, 4.69) is 24.3 Å². The number of nitrogens with one attached hydrogen (secondary N) is 1. The molecule has 0 saturated heterocycles. The zero-order valence-electron chi connectivity index (χ0n) is 12.2. The summed E-state index contributed by atoms with van der Waals surface area (Å²) in [5.41, 5.74) is 6.96. The van der Waals surface area contributed by atoms with E-state index in [1.54, 1.807) is 0 Å². The molecule has 0 aromatic carbocycles. The number of hydrogen-bond donors (Lipinski definition) is 3. The van der Waals surface area contributed by atoms with Crippen LogP contribution in [0.4, 0.5) is 0 Å². The van der Waals surface area contributed by atoms with Crippen LogP contribution in [0.3, 0.4) is 0 Å². The van der Waals surface area contributed by atoms with Crippen molar-refractivity contribution in [1.82, 2.24) is 5.32 Å². The molecule has 19 heavy (non-hydrogen) atoms. The molecule has 4 fully saturated rings. The standard InChI is InChI=1S/C15H27N3O/c1-13-5-11-6-14(2,8-13)10-15(7-11,9-13)17-4-3-12(16)18-19/h11,17,19H,3-10H2,1-2H3,(H2,16,18). The Morgan fingerprint density at radius 3 is 2.37 bits per heavy atom. The minimum absolute atomic E-state index is 0.318. The lowest BCUT2D eigenvalue weighted by atomic mass is 9.43. The third kappa shape index (κ3) is 2.35. The van der Waals surface area contributed by atoms with Crippen molar-refractivity contribution in [2.45, 2.75) is 64.3 Å². The van der Waals surface area contributed by atoms with Crippen molar-refractivity contribution in [3.63, 3.8) is 0 Å². The molecule has 2 atom stereocenters. The van der Waals surface area contributed by atoms with Crippen molar-refractivity contribution in [2.75, 3.05) is 6.54 Å². The van der Waals surface area contributed by atoms with Gasteiger partial charge >= 0.3 is 0 Å². The third-order valence-electron chi connectivity index (χ3n) is 5.64. The van der Waals surface area contributed by atoms with E-state index >= 15 is 0 Å². The molecule has 4 rings (SSSR count). The topological polar surface area (TPSA) is 70.6 Å². The fourth-order valence-corrected chi connectivity index (χ4v) is 6.15. The van der Waals surface area contributed by atoms with E-state index < -0.39 is 0 Å². The van der Waals surface area contributed by atoms with E-state index in [4.69, 9.17) is 10.9 Å². The number of oxime groups is 1. The Kier molecular flexibility index (Phi) is 2.86. The predicted molar refractivity (Wildman–Crippen MR) is 76.2 cm³/mol. The molecule has 2 unspecified atom stereocenters. The van der Waals surface area contributed by atoms with E-state index in [1.807, 2.05) is 0 Å². The summed E-state index contributed by atoms with van der Waals surface area (Å²) in [5, 5.41) is 15.4. The fourth-order valence-electron chi connectivity index (χ4n) is 6.15. The lowest BCUT2D eigenvalue weighted by Gasteiger charge is -2.65. The van der Waals surface area contributed by atoms with Crippen LogP contribution in [0.15, 0.2) is 5.16 Å². The molecule has 4 heteroatoms. The van der Waals surface area contributed by atoms with E-state index in [9.17, 15) is 0 Å². The van der Waals surface area contributed by atoms with Gasteiger partial charge in [0.1, 0.15) is 5.84 Å². The highest BCUT2D eigenvalue weighted by molar-refractivity contribution is 5.79. The van der Waals surface area contributed by atoms with Gasteiger partial charge in [0.2, 0.25) is 0 Å². The zero-order valence-corrected chi connectivity index (χ0v) is 12.2. The summed E-state index contributed by atoms with van der Waals surface area (Å²) in [6.07, 6.45) is 8.83. The Hall–Kier alpha value is -0.770. The second-order valence-corrected chi connectivity index (χ2v) is 8.18. The zero-order chi connectivity index (χ0) is 13.7. The smallest absolute Gasteiger partial charge is 0.140 e. The molecule has 0 aromatic heterocycles.